The molecule has 78 valence electrons. The summed E-state index contributed by atoms with van der Waals surface area (Å²) in [6.45, 7) is 11.6. The molecule has 0 fully saturated rings. The van der Waals surface area contributed by atoms with Gasteiger partial charge < -0.3 is 4.65 Å². The van der Waals surface area contributed by atoms with Crippen molar-refractivity contribution in [3.8, 4) is 0 Å². The van der Waals surface area contributed by atoms with E-state index in [1.165, 1.54) is 5.19 Å². The van der Waals surface area contributed by atoms with Crippen LogP contribution in [0.5, 0.6) is 0 Å². The van der Waals surface area contributed by atoms with E-state index >= 15 is 0 Å². The number of rotatable bonds is 3. The molecule has 0 aliphatic rings. The van der Waals surface area contributed by atoms with Crippen molar-refractivity contribution in [2.24, 2.45) is 0 Å². The monoisotopic (exact) mass is 222 g/mol. The minimum atomic E-state index is -1.53. The van der Waals surface area contributed by atoms with Crippen molar-refractivity contribution in [1.82, 2.24) is 0 Å². The lowest BCUT2D eigenvalue weighted by Crippen LogP contribution is -2.46. The van der Waals surface area contributed by atoms with Gasteiger partial charge in [-0.15, -0.1) is 0 Å². The molecular formula is C11H20NSi2-. The topological polar surface area (TPSA) is 14.1 Å². The van der Waals surface area contributed by atoms with E-state index in [1.807, 2.05) is 0 Å². The van der Waals surface area contributed by atoms with E-state index in [2.05, 4.69) is 63.1 Å². The molecule has 0 atom stereocenters. The third kappa shape index (κ3) is 3.40. The van der Waals surface area contributed by atoms with E-state index < -0.39 is 16.5 Å². The van der Waals surface area contributed by atoms with Crippen LogP contribution >= 0.6 is 0 Å². The van der Waals surface area contributed by atoms with E-state index in [4.69, 9.17) is 4.65 Å². The van der Waals surface area contributed by atoms with Crippen LogP contribution in [0, 0.1) is 0 Å². The fourth-order valence-electron chi connectivity index (χ4n) is 1.75. The minimum absolute atomic E-state index is 1.29. The normalized spacial score (nSPS) is 12.9. The molecular weight excluding hydrogens is 202 g/mol. The first-order chi connectivity index (χ1) is 6.31. The molecule has 1 rings (SSSR count). The largest absolute Gasteiger partial charge is 0.664 e. The van der Waals surface area contributed by atoms with Gasteiger partial charge in [0, 0.05) is 0 Å². The second-order valence-corrected chi connectivity index (χ2v) is 14.1. The van der Waals surface area contributed by atoms with Gasteiger partial charge in [-0.1, -0.05) is 76.5 Å². The highest BCUT2D eigenvalue weighted by Gasteiger charge is 2.15. The predicted molar refractivity (Wildman–Crippen MR) is 70.3 cm³/mol. The zero-order valence-electron chi connectivity index (χ0n) is 9.83. The van der Waals surface area contributed by atoms with Crippen LogP contribution in [0.1, 0.15) is 0 Å². The van der Waals surface area contributed by atoms with Crippen molar-refractivity contribution in [3.05, 3.63) is 35.0 Å². The molecule has 0 unspecified atom stereocenters. The first-order valence-corrected chi connectivity index (χ1v) is 11.5. The molecule has 1 aromatic rings. The molecule has 0 saturated heterocycles. The molecule has 3 heteroatoms. The predicted octanol–water partition coefficient (Wildman–Crippen LogP) is 3.31. The summed E-state index contributed by atoms with van der Waals surface area (Å²) in [5.74, 6) is 0. The molecule has 0 aliphatic heterocycles. The molecule has 0 radical (unpaired) electrons. The standard InChI is InChI=1S/C11H20NSi2/c1-13(2,3)12-14(4,5)11-9-7-6-8-10-11/h6-10H,1-5H3/q-1. The Hall–Kier alpha value is -0.386. The Morgan fingerprint density at radius 1 is 0.857 bits per heavy atom. The van der Waals surface area contributed by atoms with Gasteiger partial charge in [0.15, 0.2) is 0 Å². The number of benzene rings is 1. The van der Waals surface area contributed by atoms with Gasteiger partial charge in [-0.3, -0.25) is 0 Å². The second-order valence-electron chi connectivity index (χ2n) is 5.21. The summed E-state index contributed by atoms with van der Waals surface area (Å²) < 4.78 is 5.09. The molecule has 0 bridgehead atoms. The maximum atomic E-state index is 5.09. The minimum Gasteiger partial charge on any atom is -0.664 e. The van der Waals surface area contributed by atoms with Gasteiger partial charge in [-0.05, 0) is 8.24 Å². The molecule has 0 amide bonds. The Bertz CT molecular complexity index is 288. The lowest BCUT2D eigenvalue weighted by atomic mass is 10.4. The zero-order valence-corrected chi connectivity index (χ0v) is 11.8. The van der Waals surface area contributed by atoms with Gasteiger partial charge >= 0.3 is 0 Å². The molecule has 0 N–H and O–H groups in total. The Morgan fingerprint density at radius 3 is 1.79 bits per heavy atom. The summed E-state index contributed by atoms with van der Waals surface area (Å²) in [7, 11) is -2.82. The van der Waals surface area contributed by atoms with Gasteiger partial charge in [-0.25, -0.2) is 0 Å². The first kappa shape index (κ1) is 11.7. The Balaban J connectivity index is 2.86. The van der Waals surface area contributed by atoms with E-state index in [-0.39, 0.29) is 0 Å². The Labute approximate surface area is 89.7 Å². The highest BCUT2D eigenvalue weighted by Crippen LogP contribution is 2.20. The lowest BCUT2D eigenvalue weighted by Gasteiger charge is -2.48. The molecule has 0 spiro atoms. The molecule has 14 heavy (non-hydrogen) atoms. The maximum Gasteiger partial charge on any atom is -0.0313 e. The van der Waals surface area contributed by atoms with Gasteiger partial charge in [-0.2, -0.15) is 0 Å². The summed E-state index contributed by atoms with van der Waals surface area (Å²) in [5, 5.41) is 1.45. The van der Waals surface area contributed by atoms with Crippen molar-refractivity contribution in [2.45, 2.75) is 32.7 Å². The second kappa shape index (κ2) is 4.00. The van der Waals surface area contributed by atoms with Crippen LogP contribution in [0.3, 0.4) is 0 Å². The van der Waals surface area contributed by atoms with Gasteiger partial charge in [0.2, 0.25) is 0 Å². The van der Waals surface area contributed by atoms with E-state index in [9.17, 15) is 0 Å². The summed E-state index contributed by atoms with van der Waals surface area (Å²) in [4.78, 5) is 0. The summed E-state index contributed by atoms with van der Waals surface area (Å²) in [5.41, 5.74) is 0. The maximum absolute atomic E-state index is 5.09. The van der Waals surface area contributed by atoms with Crippen LogP contribution < -0.4 is 5.19 Å². The molecule has 0 heterocycles. The van der Waals surface area contributed by atoms with Crippen LogP contribution in [0.2, 0.25) is 32.7 Å². The van der Waals surface area contributed by atoms with E-state index in [0.29, 0.717) is 0 Å². The smallest absolute Gasteiger partial charge is 0.0313 e. The van der Waals surface area contributed by atoms with Crippen LogP contribution in [-0.2, 0) is 0 Å². The van der Waals surface area contributed by atoms with Crippen LogP contribution in [0.25, 0.3) is 4.65 Å². The first-order valence-electron chi connectivity index (χ1n) is 5.11. The Kier molecular flexibility index (Phi) is 3.34. The molecule has 0 saturated carbocycles. The fourth-order valence-corrected chi connectivity index (χ4v) is 9.98. The highest BCUT2D eigenvalue weighted by molar-refractivity contribution is 7.07. The number of hydrogen-bond donors (Lipinski definition) is 0. The number of hydrogen-bond acceptors (Lipinski definition) is 0. The van der Waals surface area contributed by atoms with Gasteiger partial charge in [0.1, 0.15) is 0 Å². The van der Waals surface area contributed by atoms with Crippen molar-refractivity contribution in [2.75, 3.05) is 0 Å². The van der Waals surface area contributed by atoms with Crippen molar-refractivity contribution >= 4 is 21.7 Å². The van der Waals surface area contributed by atoms with E-state index in [0.717, 1.165) is 0 Å². The third-order valence-electron chi connectivity index (χ3n) is 2.10. The van der Waals surface area contributed by atoms with Crippen LogP contribution in [-0.4, -0.2) is 16.5 Å². The average Bonchev–Trinajstić information content (AvgIpc) is 2.01. The van der Waals surface area contributed by atoms with E-state index in [1.54, 1.807) is 0 Å². The lowest BCUT2D eigenvalue weighted by molar-refractivity contribution is 1.66. The summed E-state index contributed by atoms with van der Waals surface area (Å²) >= 11 is 0. The number of nitrogens with zero attached hydrogens (tertiary/aromatic N) is 1. The molecule has 1 aromatic carbocycles. The summed E-state index contributed by atoms with van der Waals surface area (Å²) in [6.07, 6.45) is 0. The molecule has 0 aliphatic carbocycles. The third-order valence-corrected chi connectivity index (χ3v) is 8.76. The Morgan fingerprint density at radius 2 is 1.36 bits per heavy atom. The van der Waals surface area contributed by atoms with Crippen molar-refractivity contribution < 1.29 is 0 Å². The molecule has 1 nitrogen and oxygen atoms in total. The van der Waals surface area contributed by atoms with Crippen LogP contribution in [0.15, 0.2) is 30.3 Å². The van der Waals surface area contributed by atoms with Crippen LogP contribution in [0.4, 0.5) is 0 Å². The van der Waals surface area contributed by atoms with Crippen molar-refractivity contribution in [3.63, 3.8) is 0 Å². The van der Waals surface area contributed by atoms with Crippen molar-refractivity contribution in [1.29, 1.82) is 0 Å². The fraction of sp³-hybridized carbons (Fsp3) is 0.455. The highest BCUT2D eigenvalue weighted by atomic mass is 28.4. The SMILES string of the molecule is C[Si](C)(C)[N-][Si](C)(C)c1ccccc1. The average molecular weight is 222 g/mol. The quantitative estimate of drug-likeness (QED) is 0.697. The molecule has 0 aromatic heterocycles. The van der Waals surface area contributed by atoms with Gasteiger partial charge in [0.25, 0.3) is 0 Å². The zero-order chi connectivity index (χ0) is 10.8. The summed E-state index contributed by atoms with van der Waals surface area (Å²) in [6, 6.07) is 10.7. The van der Waals surface area contributed by atoms with Gasteiger partial charge in [0.05, 0.1) is 0 Å².